The van der Waals surface area contributed by atoms with Crippen molar-refractivity contribution in [2.45, 2.75) is 0 Å². The second-order valence-corrected chi connectivity index (χ2v) is 3.81. The van der Waals surface area contributed by atoms with E-state index in [0.717, 1.165) is 0 Å². The van der Waals surface area contributed by atoms with Gasteiger partial charge in [-0.25, -0.2) is 0 Å². The number of hydrogen-bond acceptors (Lipinski definition) is 3. The van der Waals surface area contributed by atoms with E-state index in [1.807, 2.05) is 22.6 Å². The standard InChI is InChI=1S/C9H11IN2O3/c10-5-8(14)11-3-4-12-6-7(13)1-2-9(12)15/h1-2H,3-6H2,(H,11,14). The highest BCUT2D eigenvalue weighted by Crippen LogP contribution is 1.98. The molecule has 0 radical (unpaired) electrons. The van der Waals surface area contributed by atoms with Gasteiger partial charge in [0.15, 0.2) is 5.78 Å². The van der Waals surface area contributed by atoms with Crippen LogP contribution in [0.4, 0.5) is 0 Å². The zero-order valence-corrected chi connectivity index (χ0v) is 10.2. The van der Waals surface area contributed by atoms with E-state index in [2.05, 4.69) is 5.32 Å². The molecular formula is C9H11IN2O3. The van der Waals surface area contributed by atoms with E-state index < -0.39 is 0 Å². The molecule has 0 spiro atoms. The Kier molecular flexibility index (Phi) is 4.73. The monoisotopic (exact) mass is 322 g/mol. The Hall–Kier alpha value is -0.920. The molecule has 0 bridgehead atoms. The molecule has 0 fully saturated rings. The topological polar surface area (TPSA) is 66.5 Å². The second-order valence-electron chi connectivity index (χ2n) is 3.04. The first-order chi connectivity index (χ1) is 7.13. The minimum Gasteiger partial charge on any atom is -0.354 e. The number of amides is 2. The lowest BCUT2D eigenvalue weighted by molar-refractivity contribution is -0.131. The van der Waals surface area contributed by atoms with E-state index in [1.54, 1.807) is 0 Å². The Balaban J connectivity index is 2.33. The summed E-state index contributed by atoms with van der Waals surface area (Å²) in [6.45, 7) is 0.863. The van der Waals surface area contributed by atoms with Gasteiger partial charge < -0.3 is 10.2 Å². The molecule has 0 aromatic heterocycles. The Morgan fingerprint density at radius 2 is 2.20 bits per heavy atom. The zero-order valence-electron chi connectivity index (χ0n) is 8.03. The molecule has 1 heterocycles. The predicted molar refractivity (Wildman–Crippen MR) is 62.6 cm³/mol. The van der Waals surface area contributed by atoms with Crippen LogP contribution >= 0.6 is 22.6 Å². The Morgan fingerprint density at radius 1 is 1.47 bits per heavy atom. The first kappa shape index (κ1) is 12.2. The van der Waals surface area contributed by atoms with E-state index in [0.29, 0.717) is 17.5 Å². The van der Waals surface area contributed by atoms with Crippen molar-refractivity contribution in [3.05, 3.63) is 12.2 Å². The van der Waals surface area contributed by atoms with Crippen LogP contribution < -0.4 is 5.32 Å². The Bertz CT molecular complexity index is 314. The average Bonchev–Trinajstić information content (AvgIpc) is 2.23. The molecule has 5 nitrogen and oxygen atoms in total. The summed E-state index contributed by atoms with van der Waals surface area (Å²) in [6, 6.07) is 0. The van der Waals surface area contributed by atoms with Crippen LogP contribution in [0.1, 0.15) is 0 Å². The van der Waals surface area contributed by atoms with Crippen LogP contribution in [0.2, 0.25) is 0 Å². The van der Waals surface area contributed by atoms with Crippen LogP contribution in [-0.2, 0) is 14.4 Å². The molecule has 15 heavy (non-hydrogen) atoms. The Labute approximate surface area is 101 Å². The van der Waals surface area contributed by atoms with E-state index in [9.17, 15) is 14.4 Å². The number of alkyl halides is 1. The van der Waals surface area contributed by atoms with Crippen molar-refractivity contribution in [3.63, 3.8) is 0 Å². The fourth-order valence-corrected chi connectivity index (χ4v) is 1.42. The van der Waals surface area contributed by atoms with Crippen LogP contribution in [-0.4, -0.2) is 46.6 Å². The van der Waals surface area contributed by atoms with E-state index in [-0.39, 0.29) is 24.1 Å². The van der Waals surface area contributed by atoms with Crippen molar-refractivity contribution < 1.29 is 14.4 Å². The highest BCUT2D eigenvalue weighted by molar-refractivity contribution is 14.1. The Morgan fingerprint density at radius 3 is 2.87 bits per heavy atom. The number of nitrogens with zero attached hydrogens (tertiary/aromatic N) is 1. The first-order valence-corrected chi connectivity index (χ1v) is 5.98. The van der Waals surface area contributed by atoms with Gasteiger partial charge >= 0.3 is 0 Å². The van der Waals surface area contributed by atoms with Gasteiger partial charge in [0.05, 0.1) is 11.0 Å². The summed E-state index contributed by atoms with van der Waals surface area (Å²) in [5, 5.41) is 2.64. The van der Waals surface area contributed by atoms with E-state index in [4.69, 9.17) is 0 Å². The van der Waals surface area contributed by atoms with Gasteiger partial charge in [-0.2, -0.15) is 0 Å². The molecule has 1 aliphatic heterocycles. The SMILES string of the molecule is O=C1C=CC(=O)N(CCNC(=O)CI)C1. The molecule has 0 aromatic rings. The normalized spacial score (nSPS) is 15.7. The maximum Gasteiger partial charge on any atom is 0.247 e. The number of carbonyl (C=O) groups excluding carboxylic acids is 3. The summed E-state index contributed by atoms with van der Waals surface area (Å²) in [6.07, 6.45) is 2.54. The lowest BCUT2D eigenvalue weighted by Gasteiger charge is -2.22. The predicted octanol–water partition coefficient (Wildman–Crippen LogP) is -0.495. The number of ketones is 1. The highest BCUT2D eigenvalue weighted by atomic mass is 127. The van der Waals surface area contributed by atoms with Gasteiger partial charge in [0.2, 0.25) is 11.8 Å². The van der Waals surface area contributed by atoms with Crippen molar-refractivity contribution >= 4 is 40.2 Å². The lowest BCUT2D eigenvalue weighted by atomic mass is 10.2. The second kappa shape index (κ2) is 5.84. The van der Waals surface area contributed by atoms with Gasteiger partial charge in [-0.3, -0.25) is 14.4 Å². The largest absolute Gasteiger partial charge is 0.354 e. The van der Waals surface area contributed by atoms with Crippen molar-refractivity contribution in [3.8, 4) is 0 Å². The molecule has 0 unspecified atom stereocenters. The fraction of sp³-hybridized carbons (Fsp3) is 0.444. The summed E-state index contributed by atoms with van der Waals surface area (Å²) < 4.78 is 0.393. The maximum absolute atomic E-state index is 11.3. The van der Waals surface area contributed by atoms with Crippen molar-refractivity contribution in [2.24, 2.45) is 0 Å². The summed E-state index contributed by atoms with van der Waals surface area (Å²) >= 11 is 1.96. The molecule has 6 heteroatoms. The third kappa shape index (κ3) is 3.98. The highest BCUT2D eigenvalue weighted by Gasteiger charge is 2.17. The number of rotatable bonds is 4. The smallest absolute Gasteiger partial charge is 0.247 e. The molecule has 0 saturated heterocycles. The quantitative estimate of drug-likeness (QED) is 0.561. The minimum atomic E-state index is -0.182. The summed E-state index contributed by atoms with van der Waals surface area (Å²) in [5.74, 6) is -0.338. The fourth-order valence-electron chi connectivity index (χ4n) is 1.16. The molecule has 2 amide bonds. The van der Waals surface area contributed by atoms with Crippen molar-refractivity contribution in [1.82, 2.24) is 10.2 Å². The summed E-state index contributed by atoms with van der Waals surface area (Å²) in [5.41, 5.74) is 0. The van der Waals surface area contributed by atoms with Gasteiger partial charge in [-0.1, -0.05) is 22.6 Å². The summed E-state index contributed by atoms with van der Waals surface area (Å²) in [7, 11) is 0. The lowest BCUT2D eigenvalue weighted by Crippen LogP contribution is -2.42. The average molecular weight is 322 g/mol. The number of hydrogen-bond donors (Lipinski definition) is 1. The number of halogens is 1. The maximum atomic E-state index is 11.3. The van der Waals surface area contributed by atoms with Gasteiger partial charge in [0.25, 0.3) is 0 Å². The zero-order chi connectivity index (χ0) is 11.3. The summed E-state index contributed by atoms with van der Waals surface area (Å²) in [4.78, 5) is 34.6. The molecule has 82 valence electrons. The van der Waals surface area contributed by atoms with Crippen LogP contribution in [0.25, 0.3) is 0 Å². The number of nitrogens with one attached hydrogen (secondary N) is 1. The van der Waals surface area contributed by atoms with Crippen molar-refractivity contribution in [1.29, 1.82) is 0 Å². The van der Waals surface area contributed by atoms with Crippen LogP contribution in [0.3, 0.4) is 0 Å². The molecular weight excluding hydrogens is 311 g/mol. The number of carbonyl (C=O) groups is 3. The minimum absolute atomic E-state index is 0.0677. The molecule has 1 rings (SSSR count). The molecule has 1 N–H and O–H groups in total. The van der Waals surface area contributed by atoms with Gasteiger partial charge in [0.1, 0.15) is 0 Å². The van der Waals surface area contributed by atoms with Crippen LogP contribution in [0.15, 0.2) is 12.2 Å². The van der Waals surface area contributed by atoms with Crippen LogP contribution in [0.5, 0.6) is 0 Å². The van der Waals surface area contributed by atoms with Crippen molar-refractivity contribution in [2.75, 3.05) is 24.1 Å². The molecule has 0 aromatic carbocycles. The first-order valence-electron chi connectivity index (χ1n) is 4.46. The van der Waals surface area contributed by atoms with E-state index in [1.165, 1.54) is 17.1 Å². The third-order valence-corrected chi connectivity index (χ3v) is 2.59. The van der Waals surface area contributed by atoms with Gasteiger partial charge in [-0.05, 0) is 6.08 Å². The van der Waals surface area contributed by atoms with E-state index >= 15 is 0 Å². The molecule has 1 aliphatic rings. The molecule has 0 atom stereocenters. The third-order valence-electron chi connectivity index (χ3n) is 1.90. The van der Waals surface area contributed by atoms with Gasteiger partial charge in [0, 0.05) is 19.2 Å². The van der Waals surface area contributed by atoms with Crippen LogP contribution in [0, 0.1) is 0 Å². The molecule has 0 saturated carbocycles. The molecule has 0 aliphatic carbocycles. The van der Waals surface area contributed by atoms with Gasteiger partial charge in [-0.15, -0.1) is 0 Å².